The smallest absolute Gasteiger partial charge is 0.240 e. The number of aryl methyl sites for hydroxylation is 1. The zero-order valence-electron chi connectivity index (χ0n) is 13.6. The number of hydrazone groups is 1. The standard InChI is InChI=1S/C18H17Cl2N3O2/c1-12-2-5-15(20)10-16(12)22-17(24)8-9-18(25)23-21-11-13-3-6-14(19)7-4-13/h2-7,10-11H,8-9H2,1H3,(H,22,24)(H,23,25). The van der Waals surface area contributed by atoms with Gasteiger partial charge in [0.1, 0.15) is 0 Å². The van der Waals surface area contributed by atoms with Gasteiger partial charge in [0.05, 0.1) is 6.21 Å². The number of anilines is 1. The molecular formula is C18H17Cl2N3O2. The van der Waals surface area contributed by atoms with E-state index in [0.29, 0.717) is 15.7 Å². The molecule has 0 aliphatic heterocycles. The molecular weight excluding hydrogens is 361 g/mol. The third kappa shape index (κ3) is 6.57. The van der Waals surface area contributed by atoms with Crippen LogP contribution < -0.4 is 10.7 Å². The molecule has 0 unspecified atom stereocenters. The highest BCUT2D eigenvalue weighted by Gasteiger charge is 2.08. The van der Waals surface area contributed by atoms with Crippen LogP contribution in [0.5, 0.6) is 0 Å². The molecule has 2 aromatic carbocycles. The molecule has 0 atom stereocenters. The van der Waals surface area contributed by atoms with Gasteiger partial charge in [-0.2, -0.15) is 5.10 Å². The lowest BCUT2D eigenvalue weighted by atomic mass is 10.2. The topological polar surface area (TPSA) is 70.6 Å². The van der Waals surface area contributed by atoms with E-state index in [-0.39, 0.29) is 24.7 Å². The van der Waals surface area contributed by atoms with Crippen molar-refractivity contribution in [1.29, 1.82) is 0 Å². The lowest BCUT2D eigenvalue weighted by Crippen LogP contribution is -2.20. The number of carbonyl (C=O) groups excluding carboxylic acids is 2. The van der Waals surface area contributed by atoms with Crippen molar-refractivity contribution in [3.63, 3.8) is 0 Å². The molecule has 5 nitrogen and oxygen atoms in total. The number of hydrogen-bond acceptors (Lipinski definition) is 3. The second-order valence-electron chi connectivity index (χ2n) is 5.35. The summed E-state index contributed by atoms with van der Waals surface area (Å²) in [7, 11) is 0. The Labute approximate surface area is 156 Å². The molecule has 0 aliphatic carbocycles. The summed E-state index contributed by atoms with van der Waals surface area (Å²) in [6.45, 7) is 1.87. The molecule has 0 heterocycles. The van der Waals surface area contributed by atoms with E-state index >= 15 is 0 Å². The van der Waals surface area contributed by atoms with Gasteiger partial charge in [-0.25, -0.2) is 5.43 Å². The van der Waals surface area contributed by atoms with Crippen LogP contribution in [0, 0.1) is 6.92 Å². The normalized spacial score (nSPS) is 10.7. The number of benzene rings is 2. The molecule has 0 saturated heterocycles. The van der Waals surface area contributed by atoms with Crippen molar-refractivity contribution in [3.8, 4) is 0 Å². The second-order valence-corrected chi connectivity index (χ2v) is 6.23. The van der Waals surface area contributed by atoms with Crippen molar-refractivity contribution in [1.82, 2.24) is 5.43 Å². The van der Waals surface area contributed by atoms with E-state index in [1.807, 2.05) is 13.0 Å². The van der Waals surface area contributed by atoms with Gasteiger partial charge >= 0.3 is 0 Å². The van der Waals surface area contributed by atoms with Crippen molar-refractivity contribution in [2.24, 2.45) is 5.10 Å². The molecule has 0 fully saturated rings. The van der Waals surface area contributed by atoms with Gasteiger partial charge in [0, 0.05) is 28.6 Å². The van der Waals surface area contributed by atoms with E-state index < -0.39 is 0 Å². The molecule has 2 amide bonds. The molecule has 2 rings (SSSR count). The van der Waals surface area contributed by atoms with Crippen molar-refractivity contribution < 1.29 is 9.59 Å². The molecule has 25 heavy (non-hydrogen) atoms. The van der Waals surface area contributed by atoms with Gasteiger partial charge in [0.2, 0.25) is 11.8 Å². The van der Waals surface area contributed by atoms with Gasteiger partial charge in [0.15, 0.2) is 0 Å². The largest absolute Gasteiger partial charge is 0.326 e. The number of halogens is 2. The first kappa shape index (κ1) is 19.0. The van der Waals surface area contributed by atoms with Gasteiger partial charge in [-0.3, -0.25) is 9.59 Å². The zero-order valence-corrected chi connectivity index (χ0v) is 15.1. The molecule has 0 radical (unpaired) electrons. The average molecular weight is 378 g/mol. The Kier molecular flexibility index (Phi) is 6.98. The van der Waals surface area contributed by atoms with Crippen molar-refractivity contribution in [2.45, 2.75) is 19.8 Å². The van der Waals surface area contributed by atoms with Crippen LogP contribution in [-0.4, -0.2) is 18.0 Å². The number of nitrogens with zero attached hydrogens (tertiary/aromatic N) is 1. The SMILES string of the molecule is Cc1ccc(Cl)cc1NC(=O)CCC(=O)NN=Cc1ccc(Cl)cc1. The average Bonchev–Trinajstić information content (AvgIpc) is 2.58. The van der Waals surface area contributed by atoms with Crippen molar-refractivity contribution in [3.05, 3.63) is 63.6 Å². The minimum absolute atomic E-state index is 0.0312. The maximum Gasteiger partial charge on any atom is 0.240 e. The first-order valence-corrected chi connectivity index (χ1v) is 8.33. The van der Waals surface area contributed by atoms with Gasteiger partial charge in [-0.1, -0.05) is 41.4 Å². The van der Waals surface area contributed by atoms with E-state index in [9.17, 15) is 9.59 Å². The van der Waals surface area contributed by atoms with Crippen LogP contribution in [0.3, 0.4) is 0 Å². The number of rotatable bonds is 6. The quantitative estimate of drug-likeness (QED) is 0.585. The molecule has 0 spiro atoms. The van der Waals surface area contributed by atoms with E-state index in [0.717, 1.165) is 11.1 Å². The summed E-state index contributed by atoms with van der Waals surface area (Å²) in [6.07, 6.45) is 1.58. The van der Waals surface area contributed by atoms with Crippen LogP contribution in [0.2, 0.25) is 10.0 Å². The van der Waals surface area contributed by atoms with Crippen LogP contribution in [-0.2, 0) is 9.59 Å². The van der Waals surface area contributed by atoms with E-state index in [4.69, 9.17) is 23.2 Å². The molecule has 0 aromatic heterocycles. The summed E-state index contributed by atoms with van der Waals surface area (Å²) in [6, 6.07) is 12.2. The van der Waals surface area contributed by atoms with Crippen molar-refractivity contribution >= 4 is 46.9 Å². The second kappa shape index (κ2) is 9.20. The fraction of sp³-hybridized carbons (Fsp3) is 0.167. The molecule has 7 heteroatoms. The summed E-state index contributed by atoms with van der Waals surface area (Å²) in [5.74, 6) is -0.606. The summed E-state index contributed by atoms with van der Waals surface area (Å²) >= 11 is 11.7. The molecule has 2 N–H and O–H groups in total. The highest BCUT2D eigenvalue weighted by molar-refractivity contribution is 6.31. The Hall–Kier alpha value is -2.37. The fourth-order valence-corrected chi connectivity index (χ4v) is 2.25. The number of amides is 2. The lowest BCUT2D eigenvalue weighted by molar-refractivity contribution is -0.124. The summed E-state index contributed by atoms with van der Waals surface area (Å²) in [5, 5.41) is 7.75. The fourth-order valence-electron chi connectivity index (χ4n) is 1.95. The molecule has 2 aromatic rings. The maximum absolute atomic E-state index is 11.9. The van der Waals surface area contributed by atoms with Crippen LogP contribution in [0.4, 0.5) is 5.69 Å². The van der Waals surface area contributed by atoms with Crippen molar-refractivity contribution in [2.75, 3.05) is 5.32 Å². The maximum atomic E-state index is 11.9. The van der Waals surface area contributed by atoms with Crippen LogP contribution in [0.15, 0.2) is 47.6 Å². The van der Waals surface area contributed by atoms with Crippen LogP contribution in [0.25, 0.3) is 0 Å². The Balaban J connectivity index is 1.76. The monoisotopic (exact) mass is 377 g/mol. The van der Waals surface area contributed by atoms with E-state index in [2.05, 4.69) is 15.8 Å². The Morgan fingerprint density at radius 1 is 1.00 bits per heavy atom. The molecule has 130 valence electrons. The number of hydrogen-bond donors (Lipinski definition) is 2. The van der Waals surface area contributed by atoms with Gasteiger partial charge < -0.3 is 5.32 Å². The lowest BCUT2D eigenvalue weighted by Gasteiger charge is -2.08. The number of nitrogens with one attached hydrogen (secondary N) is 2. The van der Waals surface area contributed by atoms with Gasteiger partial charge in [-0.05, 0) is 42.3 Å². The van der Waals surface area contributed by atoms with E-state index in [1.54, 1.807) is 36.4 Å². The first-order chi connectivity index (χ1) is 11.9. The summed E-state index contributed by atoms with van der Waals surface area (Å²) < 4.78 is 0. The third-order valence-corrected chi connectivity index (χ3v) is 3.81. The zero-order chi connectivity index (χ0) is 18.2. The number of carbonyl (C=O) groups is 2. The van der Waals surface area contributed by atoms with Crippen LogP contribution in [0.1, 0.15) is 24.0 Å². The predicted molar refractivity (Wildman–Crippen MR) is 101 cm³/mol. The Morgan fingerprint density at radius 2 is 1.64 bits per heavy atom. The van der Waals surface area contributed by atoms with Crippen LogP contribution >= 0.6 is 23.2 Å². The minimum atomic E-state index is -0.344. The summed E-state index contributed by atoms with van der Waals surface area (Å²) in [5.41, 5.74) is 4.72. The van der Waals surface area contributed by atoms with E-state index in [1.165, 1.54) is 6.21 Å². The van der Waals surface area contributed by atoms with Gasteiger partial charge in [-0.15, -0.1) is 0 Å². The predicted octanol–water partition coefficient (Wildman–Crippen LogP) is 4.17. The Morgan fingerprint density at radius 3 is 2.36 bits per heavy atom. The molecule has 0 bridgehead atoms. The van der Waals surface area contributed by atoms with Gasteiger partial charge in [0.25, 0.3) is 0 Å². The highest BCUT2D eigenvalue weighted by atomic mass is 35.5. The Bertz CT molecular complexity index is 789. The summed E-state index contributed by atoms with van der Waals surface area (Å²) in [4.78, 5) is 23.6. The highest BCUT2D eigenvalue weighted by Crippen LogP contribution is 2.20. The molecule has 0 saturated carbocycles. The third-order valence-electron chi connectivity index (χ3n) is 3.33. The molecule has 0 aliphatic rings. The first-order valence-electron chi connectivity index (χ1n) is 7.57. The minimum Gasteiger partial charge on any atom is -0.326 e.